The van der Waals surface area contributed by atoms with Gasteiger partial charge in [-0.05, 0) is 30.4 Å². The minimum Gasteiger partial charge on any atom is -0.334 e. The number of benzene rings is 2. The number of hydrogen-bond acceptors (Lipinski definition) is 2. The maximum Gasteiger partial charge on any atom is 0.318 e. The van der Waals surface area contributed by atoms with E-state index in [1.165, 1.54) is 18.4 Å². The highest BCUT2D eigenvalue weighted by molar-refractivity contribution is 5.74. The van der Waals surface area contributed by atoms with Crippen molar-refractivity contribution in [2.24, 2.45) is 0 Å². The second-order valence-electron chi connectivity index (χ2n) is 7.41. The molecule has 1 saturated heterocycles. The Morgan fingerprint density at radius 2 is 1.58 bits per heavy atom. The molecule has 4 rings (SSSR count). The van der Waals surface area contributed by atoms with Crippen LogP contribution in [0.15, 0.2) is 60.7 Å². The van der Waals surface area contributed by atoms with Crippen molar-refractivity contribution in [3.63, 3.8) is 0 Å². The molecule has 1 atom stereocenters. The summed E-state index contributed by atoms with van der Waals surface area (Å²) in [6.07, 6.45) is 3.55. The Kier molecular flexibility index (Phi) is 5.21. The number of nitrogens with zero attached hydrogens (tertiary/aromatic N) is 2. The normalized spacial score (nSPS) is 20.8. The number of amides is 2. The molecular weight excluding hydrogens is 322 g/mol. The van der Waals surface area contributed by atoms with Crippen LogP contribution in [0.4, 0.5) is 4.79 Å². The second kappa shape index (κ2) is 7.92. The molecule has 0 aromatic heterocycles. The molecule has 2 aromatic rings. The summed E-state index contributed by atoms with van der Waals surface area (Å²) in [6.45, 7) is 3.38. The van der Waals surface area contributed by atoms with Crippen molar-refractivity contribution >= 4 is 6.03 Å². The fourth-order valence-electron chi connectivity index (χ4n) is 3.85. The molecule has 1 saturated carbocycles. The molecule has 0 spiro atoms. The molecular formula is C22H27N3O. The molecule has 2 amide bonds. The lowest BCUT2D eigenvalue weighted by Gasteiger charge is -2.41. The number of urea groups is 1. The topological polar surface area (TPSA) is 35.6 Å². The van der Waals surface area contributed by atoms with Gasteiger partial charge in [0, 0.05) is 32.2 Å². The van der Waals surface area contributed by atoms with Crippen LogP contribution >= 0.6 is 0 Å². The molecule has 2 fully saturated rings. The quantitative estimate of drug-likeness (QED) is 0.899. The van der Waals surface area contributed by atoms with Crippen LogP contribution in [0.1, 0.15) is 24.0 Å². The molecule has 26 heavy (non-hydrogen) atoms. The first-order valence-corrected chi connectivity index (χ1v) is 9.66. The highest BCUT2D eigenvalue weighted by Gasteiger charge is 2.37. The summed E-state index contributed by atoms with van der Waals surface area (Å²) in [4.78, 5) is 17.5. The summed E-state index contributed by atoms with van der Waals surface area (Å²) in [5.41, 5.74) is 2.44. The SMILES string of the molecule is O=C(NCc1ccccc1)N1CCN(C2CC2)CC1Cc1ccccc1. The van der Waals surface area contributed by atoms with Crippen molar-refractivity contribution in [1.29, 1.82) is 0 Å². The molecule has 1 heterocycles. The summed E-state index contributed by atoms with van der Waals surface area (Å²) in [5, 5.41) is 3.11. The van der Waals surface area contributed by atoms with Crippen molar-refractivity contribution in [2.75, 3.05) is 19.6 Å². The fraction of sp³-hybridized carbons (Fsp3) is 0.409. The fourth-order valence-corrected chi connectivity index (χ4v) is 3.85. The first kappa shape index (κ1) is 17.1. The number of piperazine rings is 1. The van der Waals surface area contributed by atoms with Gasteiger partial charge in [-0.3, -0.25) is 4.90 Å². The van der Waals surface area contributed by atoms with E-state index in [-0.39, 0.29) is 12.1 Å². The third-order valence-corrected chi connectivity index (χ3v) is 5.44. The van der Waals surface area contributed by atoms with E-state index in [4.69, 9.17) is 0 Å². The lowest BCUT2D eigenvalue weighted by Crippen LogP contribution is -2.58. The molecule has 4 nitrogen and oxygen atoms in total. The minimum atomic E-state index is 0.0604. The smallest absolute Gasteiger partial charge is 0.318 e. The molecule has 1 N–H and O–H groups in total. The van der Waals surface area contributed by atoms with E-state index < -0.39 is 0 Å². The lowest BCUT2D eigenvalue weighted by atomic mass is 10.0. The largest absolute Gasteiger partial charge is 0.334 e. The van der Waals surface area contributed by atoms with Gasteiger partial charge >= 0.3 is 6.03 Å². The van der Waals surface area contributed by atoms with Crippen LogP contribution in [-0.4, -0.2) is 47.5 Å². The van der Waals surface area contributed by atoms with Gasteiger partial charge in [-0.2, -0.15) is 0 Å². The van der Waals surface area contributed by atoms with Gasteiger partial charge in [-0.15, -0.1) is 0 Å². The Morgan fingerprint density at radius 1 is 0.923 bits per heavy atom. The molecule has 0 radical (unpaired) electrons. The second-order valence-corrected chi connectivity index (χ2v) is 7.41. The molecule has 1 unspecified atom stereocenters. The van der Waals surface area contributed by atoms with Crippen LogP contribution in [-0.2, 0) is 13.0 Å². The van der Waals surface area contributed by atoms with E-state index in [1.807, 2.05) is 36.4 Å². The van der Waals surface area contributed by atoms with Gasteiger partial charge in [-0.1, -0.05) is 60.7 Å². The van der Waals surface area contributed by atoms with Gasteiger partial charge in [0.25, 0.3) is 0 Å². The first-order valence-electron chi connectivity index (χ1n) is 9.66. The van der Waals surface area contributed by atoms with Crippen LogP contribution in [0.2, 0.25) is 0 Å². The van der Waals surface area contributed by atoms with Crippen LogP contribution < -0.4 is 5.32 Å². The number of hydrogen-bond donors (Lipinski definition) is 1. The average molecular weight is 349 g/mol. The van der Waals surface area contributed by atoms with Crippen LogP contribution in [0.5, 0.6) is 0 Å². The zero-order valence-electron chi connectivity index (χ0n) is 15.2. The van der Waals surface area contributed by atoms with E-state index in [9.17, 15) is 4.79 Å². The van der Waals surface area contributed by atoms with Gasteiger partial charge in [0.15, 0.2) is 0 Å². The van der Waals surface area contributed by atoms with Gasteiger partial charge < -0.3 is 10.2 Å². The third-order valence-electron chi connectivity index (χ3n) is 5.44. The molecule has 136 valence electrons. The first-order chi connectivity index (χ1) is 12.8. The van der Waals surface area contributed by atoms with Crippen molar-refractivity contribution in [3.8, 4) is 0 Å². The predicted molar refractivity (Wildman–Crippen MR) is 104 cm³/mol. The minimum absolute atomic E-state index is 0.0604. The van der Waals surface area contributed by atoms with E-state index in [0.29, 0.717) is 6.54 Å². The number of nitrogens with one attached hydrogen (secondary N) is 1. The predicted octanol–water partition coefficient (Wildman–Crippen LogP) is 3.29. The zero-order valence-corrected chi connectivity index (χ0v) is 15.2. The summed E-state index contributed by atoms with van der Waals surface area (Å²) in [7, 11) is 0. The molecule has 4 heteroatoms. The molecule has 1 aliphatic carbocycles. The maximum atomic E-state index is 12.9. The van der Waals surface area contributed by atoms with Crippen molar-refractivity contribution < 1.29 is 4.79 Å². The van der Waals surface area contributed by atoms with Crippen LogP contribution in [0.3, 0.4) is 0 Å². The molecule has 1 aliphatic heterocycles. The van der Waals surface area contributed by atoms with Crippen molar-refractivity contribution in [1.82, 2.24) is 15.1 Å². The van der Waals surface area contributed by atoms with E-state index in [0.717, 1.165) is 37.7 Å². The molecule has 2 aliphatic rings. The number of carbonyl (C=O) groups is 1. The monoisotopic (exact) mass is 349 g/mol. The lowest BCUT2D eigenvalue weighted by molar-refractivity contribution is 0.0891. The number of rotatable bonds is 5. The Labute approximate surface area is 155 Å². The van der Waals surface area contributed by atoms with Gasteiger partial charge in [0.1, 0.15) is 0 Å². The summed E-state index contributed by atoms with van der Waals surface area (Å²) >= 11 is 0. The Hall–Kier alpha value is -2.33. The standard InChI is InChI=1S/C22H27N3O/c26-22(23-16-19-9-5-2-6-10-19)25-14-13-24(20-11-12-20)17-21(25)15-18-7-3-1-4-8-18/h1-10,20-21H,11-17H2,(H,23,26). The Morgan fingerprint density at radius 3 is 2.23 bits per heavy atom. The summed E-state index contributed by atoms with van der Waals surface area (Å²) in [5.74, 6) is 0. The molecule has 2 aromatic carbocycles. The van der Waals surface area contributed by atoms with Gasteiger partial charge in [0.05, 0.1) is 6.04 Å². The highest BCUT2D eigenvalue weighted by Crippen LogP contribution is 2.29. The molecule has 0 bridgehead atoms. The van der Waals surface area contributed by atoms with E-state index in [1.54, 1.807) is 0 Å². The van der Waals surface area contributed by atoms with Crippen molar-refractivity contribution in [3.05, 3.63) is 71.8 Å². The van der Waals surface area contributed by atoms with Crippen LogP contribution in [0, 0.1) is 0 Å². The van der Waals surface area contributed by atoms with Crippen LogP contribution in [0.25, 0.3) is 0 Å². The highest BCUT2D eigenvalue weighted by atomic mass is 16.2. The van der Waals surface area contributed by atoms with E-state index in [2.05, 4.69) is 39.4 Å². The number of carbonyl (C=O) groups excluding carboxylic acids is 1. The Balaban J connectivity index is 1.42. The van der Waals surface area contributed by atoms with Gasteiger partial charge in [0.2, 0.25) is 0 Å². The maximum absolute atomic E-state index is 12.9. The third kappa shape index (κ3) is 4.25. The zero-order chi connectivity index (χ0) is 17.8. The summed E-state index contributed by atoms with van der Waals surface area (Å²) < 4.78 is 0. The van der Waals surface area contributed by atoms with E-state index >= 15 is 0 Å². The Bertz CT molecular complexity index is 715. The van der Waals surface area contributed by atoms with Gasteiger partial charge in [-0.25, -0.2) is 4.79 Å². The van der Waals surface area contributed by atoms with Crippen molar-refractivity contribution in [2.45, 2.75) is 37.9 Å². The summed E-state index contributed by atoms with van der Waals surface area (Å²) in [6, 6.07) is 21.7. The average Bonchev–Trinajstić information content (AvgIpc) is 3.53.